The molecular weight excluding hydrogens is 399 g/mol. The van der Waals surface area contributed by atoms with Gasteiger partial charge in [0.15, 0.2) is 19.9 Å². The number of hydrogen-bond acceptors (Lipinski definition) is 5. The minimum Gasteiger partial charge on any atom is -0.493 e. The lowest BCUT2D eigenvalue weighted by Crippen LogP contribution is -1.96. The van der Waals surface area contributed by atoms with Gasteiger partial charge in [-0.05, 0) is 23.8 Å². The third kappa shape index (κ3) is 3.29. The third-order valence-electron chi connectivity index (χ3n) is 4.62. The normalized spacial score (nSPS) is 11.5. The number of aromatic nitrogens is 2. The molecule has 28 heavy (non-hydrogen) atoms. The topological polar surface area (TPSA) is 76.7 Å². The molecule has 4 rings (SSSR count). The summed E-state index contributed by atoms with van der Waals surface area (Å²) in [5.74, 6) is 1.22. The Morgan fingerprint density at radius 1 is 1.04 bits per heavy atom. The van der Waals surface area contributed by atoms with Gasteiger partial charge in [0, 0.05) is 41.1 Å². The molecule has 0 aliphatic heterocycles. The zero-order valence-electron chi connectivity index (χ0n) is 15.3. The molecule has 0 spiro atoms. The van der Waals surface area contributed by atoms with E-state index in [2.05, 4.69) is 4.98 Å². The lowest BCUT2D eigenvalue weighted by Gasteiger charge is -2.12. The van der Waals surface area contributed by atoms with Gasteiger partial charge in [-0.25, -0.2) is 0 Å². The molecule has 2 heterocycles. The molecule has 0 fully saturated rings. The predicted molar refractivity (Wildman–Crippen MR) is 112 cm³/mol. The van der Waals surface area contributed by atoms with Gasteiger partial charge in [0.25, 0.3) is 0 Å². The van der Waals surface area contributed by atoms with E-state index in [0.717, 1.165) is 33.1 Å². The lowest BCUT2D eigenvalue weighted by molar-refractivity contribution is 0.356. The van der Waals surface area contributed by atoms with Crippen molar-refractivity contribution < 1.29 is 19.3 Å². The smallest absolute Gasteiger partial charge is 0.169 e. The molecule has 144 valence electrons. The summed E-state index contributed by atoms with van der Waals surface area (Å²) in [5.41, 5.74) is 3.45. The third-order valence-corrected chi connectivity index (χ3v) is 5.57. The number of pyridine rings is 1. The average Bonchev–Trinajstić information content (AvgIpc) is 3.04. The Balaban J connectivity index is 1.94. The van der Waals surface area contributed by atoms with Gasteiger partial charge in [0.05, 0.1) is 30.3 Å². The Kier molecular flexibility index (Phi) is 5.13. The molecule has 0 radical (unpaired) electrons. The van der Waals surface area contributed by atoms with E-state index in [9.17, 15) is 9.79 Å². The van der Waals surface area contributed by atoms with Crippen LogP contribution in [0.3, 0.4) is 0 Å². The maximum Gasteiger partial charge on any atom is 0.169 e. The number of fused-ring (bicyclic) bond motifs is 3. The van der Waals surface area contributed by atoms with Crippen LogP contribution in [0.15, 0.2) is 48.8 Å². The first-order chi connectivity index (χ1) is 13.5. The minimum atomic E-state index is -1.96. The number of hydrogen-bond donors (Lipinski definition) is 2. The van der Waals surface area contributed by atoms with Gasteiger partial charge < -0.3 is 23.8 Å². The number of benzene rings is 2. The van der Waals surface area contributed by atoms with Crippen molar-refractivity contribution in [3.05, 3.63) is 59.4 Å². The lowest BCUT2D eigenvalue weighted by atomic mass is 10.1. The van der Waals surface area contributed by atoms with Crippen LogP contribution < -0.4 is 9.47 Å². The standard InChI is InChI=1S/C20H18ClN2O4P/c1-26-18-7-14-17(8-19(18)27-2)22-9-15-16(21)10-23(20(14)15)13-5-3-12(4-6-13)11-28(24)25/h3-10,24-25H,11H2,1-2H3. The second-order valence-electron chi connectivity index (χ2n) is 6.29. The monoisotopic (exact) mass is 416 g/mol. The van der Waals surface area contributed by atoms with Crippen LogP contribution in [0.1, 0.15) is 5.56 Å². The molecule has 0 saturated heterocycles. The molecule has 2 aromatic carbocycles. The maximum atomic E-state index is 9.22. The predicted octanol–water partition coefficient (Wildman–Crippen LogP) is 4.65. The molecule has 6 nitrogen and oxygen atoms in total. The second-order valence-corrected chi connectivity index (χ2v) is 7.76. The Morgan fingerprint density at radius 3 is 2.36 bits per heavy atom. The van der Waals surface area contributed by atoms with Gasteiger partial charge in [0.2, 0.25) is 0 Å². The van der Waals surface area contributed by atoms with E-state index in [1.54, 1.807) is 20.4 Å². The van der Waals surface area contributed by atoms with E-state index >= 15 is 0 Å². The van der Waals surface area contributed by atoms with E-state index in [4.69, 9.17) is 21.1 Å². The summed E-state index contributed by atoms with van der Waals surface area (Å²) in [6.45, 7) is 0. The molecule has 2 N–H and O–H groups in total. The van der Waals surface area contributed by atoms with Crippen LogP contribution in [-0.2, 0) is 6.16 Å². The van der Waals surface area contributed by atoms with Crippen molar-refractivity contribution in [1.29, 1.82) is 0 Å². The quantitative estimate of drug-likeness (QED) is 0.463. The summed E-state index contributed by atoms with van der Waals surface area (Å²) in [6.07, 6.45) is 3.85. The summed E-state index contributed by atoms with van der Waals surface area (Å²) >= 11 is 6.48. The average molecular weight is 417 g/mol. The highest BCUT2D eigenvalue weighted by Gasteiger charge is 2.16. The largest absolute Gasteiger partial charge is 0.493 e. The van der Waals surface area contributed by atoms with Crippen LogP contribution in [0.25, 0.3) is 27.5 Å². The summed E-state index contributed by atoms with van der Waals surface area (Å²) in [6, 6.07) is 11.4. The fourth-order valence-electron chi connectivity index (χ4n) is 3.32. The molecule has 0 amide bonds. The SMILES string of the molecule is COc1cc2ncc3c(Cl)cn(-c4ccc(CP(O)O)cc4)c3c2cc1OC. The first-order valence-corrected chi connectivity index (χ1v) is 10.3. The van der Waals surface area contributed by atoms with Crippen molar-refractivity contribution in [2.45, 2.75) is 6.16 Å². The van der Waals surface area contributed by atoms with Crippen molar-refractivity contribution in [3.63, 3.8) is 0 Å². The van der Waals surface area contributed by atoms with E-state index in [1.165, 1.54) is 0 Å². The van der Waals surface area contributed by atoms with Gasteiger partial charge in [-0.1, -0.05) is 23.7 Å². The summed E-state index contributed by atoms with van der Waals surface area (Å²) in [7, 11) is 1.23. The summed E-state index contributed by atoms with van der Waals surface area (Å²) in [4.78, 5) is 23.0. The summed E-state index contributed by atoms with van der Waals surface area (Å²) in [5, 5.41) is 2.32. The number of rotatable bonds is 5. The molecule has 0 unspecified atom stereocenters. The number of nitrogens with zero attached hydrogens (tertiary/aromatic N) is 2. The molecule has 4 aromatic rings. The molecular formula is C20H18ClN2O4P. The molecule has 0 saturated carbocycles. The van der Waals surface area contributed by atoms with Gasteiger partial charge in [-0.2, -0.15) is 0 Å². The Labute approximate surface area is 167 Å². The van der Waals surface area contributed by atoms with Crippen molar-refractivity contribution in [2.24, 2.45) is 0 Å². The molecule has 0 bridgehead atoms. The first kappa shape index (κ1) is 19.0. The van der Waals surface area contributed by atoms with Crippen LogP contribution in [0.4, 0.5) is 0 Å². The van der Waals surface area contributed by atoms with E-state index in [0.29, 0.717) is 16.5 Å². The van der Waals surface area contributed by atoms with Crippen LogP contribution in [-0.4, -0.2) is 33.6 Å². The Hall–Kier alpha value is -2.37. The van der Waals surface area contributed by atoms with E-state index < -0.39 is 8.38 Å². The Bertz CT molecular complexity index is 1160. The van der Waals surface area contributed by atoms with Crippen molar-refractivity contribution in [2.75, 3.05) is 14.2 Å². The fraction of sp³-hybridized carbons (Fsp3) is 0.150. The number of ether oxygens (including phenoxy) is 2. The highest BCUT2D eigenvalue weighted by atomic mass is 35.5. The molecule has 0 aliphatic carbocycles. The first-order valence-electron chi connectivity index (χ1n) is 8.47. The van der Waals surface area contributed by atoms with Gasteiger partial charge in [0.1, 0.15) is 0 Å². The van der Waals surface area contributed by atoms with Crippen LogP contribution in [0.5, 0.6) is 11.5 Å². The second kappa shape index (κ2) is 7.57. The van der Waals surface area contributed by atoms with Crippen LogP contribution in [0, 0.1) is 0 Å². The van der Waals surface area contributed by atoms with Gasteiger partial charge in [-0.15, -0.1) is 0 Å². The highest BCUT2D eigenvalue weighted by molar-refractivity contribution is 7.44. The van der Waals surface area contributed by atoms with Crippen molar-refractivity contribution in [3.8, 4) is 17.2 Å². The zero-order chi connectivity index (χ0) is 19.8. The number of methoxy groups -OCH3 is 2. The highest BCUT2D eigenvalue weighted by Crippen LogP contribution is 2.38. The molecule has 2 aromatic heterocycles. The summed E-state index contributed by atoms with van der Waals surface area (Å²) < 4.78 is 12.8. The molecule has 8 heteroatoms. The van der Waals surface area contributed by atoms with Gasteiger partial charge in [-0.3, -0.25) is 4.98 Å². The van der Waals surface area contributed by atoms with Crippen LogP contribution in [0.2, 0.25) is 5.02 Å². The zero-order valence-corrected chi connectivity index (χ0v) is 16.9. The van der Waals surface area contributed by atoms with Crippen molar-refractivity contribution in [1.82, 2.24) is 9.55 Å². The van der Waals surface area contributed by atoms with Crippen LogP contribution >= 0.6 is 20.0 Å². The van der Waals surface area contributed by atoms with Gasteiger partial charge >= 0.3 is 0 Å². The van der Waals surface area contributed by atoms with Crippen molar-refractivity contribution >= 4 is 41.8 Å². The van der Waals surface area contributed by atoms with E-state index in [1.807, 2.05) is 47.2 Å². The fourth-order valence-corrected chi connectivity index (χ4v) is 4.09. The number of halogens is 1. The van der Waals surface area contributed by atoms with E-state index in [-0.39, 0.29) is 6.16 Å². The molecule has 0 aliphatic rings. The maximum absolute atomic E-state index is 9.22. The Morgan fingerprint density at radius 2 is 1.71 bits per heavy atom. The minimum absolute atomic E-state index is 0.243. The molecule has 0 atom stereocenters.